The summed E-state index contributed by atoms with van der Waals surface area (Å²) in [6.45, 7) is 6.17. The Morgan fingerprint density at radius 1 is 1.22 bits per heavy atom. The van der Waals surface area contributed by atoms with E-state index in [2.05, 4.69) is 6.92 Å². The predicted octanol–water partition coefficient (Wildman–Crippen LogP) is 3.39. The van der Waals surface area contributed by atoms with E-state index in [1.807, 2.05) is 26.0 Å². The lowest BCUT2D eigenvalue weighted by molar-refractivity contribution is 0.275. The van der Waals surface area contributed by atoms with E-state index in [1.165, 1.54) is 0 Å². The lowest BCUT2D eigenvalue weighted by atomic mass is 10.1. The van der Waals surface area contributed by atoms with Gasteiger partial charge in [0.25, 0.3) is 10.1 Å². The number of hydrogen-bond donors (Lipinski definition) is 0. The maximum Gasteiger partial charge on any atom is 0.297 e. The first-order chi connectivity index (χ1) is 8.47. The summed E-state index contributed by atoms with van der Waals surface area (Å²) >= 11 is 0. The summed E-state index contributed by atoms with van der Waals surface area (Å²) in [5.41, 5.74) is 0.850. The fourth-order valence-electron chi connectivity index (χ4n) is 1.61. The molecule has 18 heavy (non-hydrogen) atoms. The van der Waals surface area contributed by atoms with Gasteiger partial charge in [0.1, 0.15) is 0 Å². The van der Waals surface area contributed by atoms with Crippen molar-refractivity contribution in [2.75, 3.05) is 6.61 Å². The molecule has 0 unspecified atom stereocenters. The highest BCUT2D eigenvalue weighted by atomic mass is 32.2. The number of aryl methyl sites for hydroxylation is 1. The minimum Gasteiger partial charge on any atom is -0.266 e. The summed E-state index contributed by atoms with van der Waals surface area (Å²) in [7, 11) is -3.62. The van der Waals surface area contributed by atoms with E-state index < -0.39 is 10.1 Å². The van der Waals surface area contributed by atoms with Crippen LogP contribution < -0.4 is 0 Å². The second-order valence-corrected chi connectivity index (χ2v) is 6.43. The van der Waals surface area contributed by atoms with Gasteiger partial charge in [0.05, 0.1) is 11.5 Å². The molecule has 3 nitrogen and oxygen atoms in total. The maximum atomic E-state index is 12.1. The molecule has 102 valence electrons. The third-order valence-corrected chi connectivity index (χ3v) is 3.98. The van der Waals surface area contributed by atoms with E-state index >= 15 is 0 Å². The Bertz CT molecular complexity index is 464. The van der Waals surface area contributed by atoms with Crippen molar-refractivity contribution in [3.05, 3.63) is 29.8 Å². The van der Waals surface area contributed by atoms with Crippen molar-refractivity contribution in [1.82, 2.24) is 0 Å². The summed E-state index contributed by atoms with van der Waals surface area (Å²) in [6.07, 6.45) is 2.80. The average Bonchev–Trinajstić information content (AvgIpc) is 2.34. The van der Waals surface area contributed by atoms with Crippen LogP contribution >= 0.6 is 0 Å². The van der Waals surface area contributed by atoms with Gasteiger partial charge in [-0.1, -0.05) is 45.4 Å². The lowest BCUT2D eigenvalue weighted by Crippen LogP contribution is -2.13. The monoisotopic (exact) mass is 270 g/mol. The van der Waals surface area contributed by atoms with Gasteiger partial charge in [-0.05, 0) is 30.4 Å². The Kier molecular flexibility index (Phi) is 5.82. The Labute approximate surface area is 110 Å². The zero-order valence-electron chi connectivity index (χ0n) is 11.3. The van der Waals surface area contributed by atoms with Crippen molar-refractivity contribution in [2.24, 2.45) is 5.92 Å². The Hall–Kier alpha value is -0.870. The van der Waals surface area contributed by atoms with E-state index in [9.17, 15) is 8.42 Å². The standard InChI is InChI=1S/C14H22O3S/c1-4-5-8-13-9-6-7-10-14(13)18(15,16)17-11-12(2)3/h6-7,9-10,12H,4-5,8,11H2,1-3H3. The minimum atomic E-state index is -3.62. The molecule has 0 atom stereocenters. The van der Waals surface area contributed by atoms with Crippen molar-refractivity contribution >= 4 is 10.1 Å². The molecule has 0 N–H and O–H groups in total. The zero-order valence-corrected chi connectivity index (χ0v) is 12.2. The molecule has 1 aromatic carbocycles. The first-order valence-corrected chi connectivity index (χ1v) is 7.85. The zero-order chi connectivity index (χ0) is 13.6. The van der Waals surface area contributed by atoms with Gasteiger partial charge in [0.15, 0.2) is 0 Å². The second-order valence-electron chi connectivity index (χ2n) is 4.84. The molecule has 0 fully saturated rings. The molecule has 1 aromatic rings. The average molecular weight is 270 g/mol. The van der Waals surface area contributed by atoms with Crippen molar-refractivity contribution in [3.63, 3.8) is 0 Å². The van der Waals surface area contributed by atoms with Gasteiger partial charge in [0.2, 0.25) is 0 Å². The van der Waals surface area contributed by atoms with Gasteiger partial charge >= 0.3 is 0 Å². The van der Waals surface area contributed by atoms with Crippen LogP contribution in [0.25, 0.3) is 0 Å². The third kappa shape index (κ3) is 4.42. The van der Waals surface area contributed by atoms with Crippen molar-refractivity contribution in [3.8, 4) is 0 Å². The Morgan fingerprint density at radius 3 is 2.50 bits per heavy atom. The van der Waals surface area contributed by atoms with E-state index in [1.54, 1.807) is 12.1 Å². The number of unbranched alkanes of at least 4 members (excludes halogenated alkanes) is 1. The van der Waals surface area contributed by atoms with Gasteiger partial charge in [-0.2, -0.15) is 8.42 Å². The molecule has 1 rings (SSSR count). The number of hydrogen-bond acceptors (Lipinski definition) is 3. The van der Waals surface area contributed by atoms with Crippen LogP contribution in [0.5, 0.6) is 0 Å². The highest BCUT2D eigenvalue weighted by Crippen LogP contribution is 2.20. The molecule has 0 saturated carbocycles. The van der Waals surface area contributed by atoms with E-state index in [-0.39, 0.29) is 12.5 Å². The second kappa shape index (κ2) is 6.90. The molecule has 0 aliphatic carbocycles. The molecule has 0 radical (unpaired) electrons. The normalized spacial score (nSPS) is 12.0. The summed E-state index contributed by atoms with van der Waals surface area (Å²) in [4.78, 5) is 0.319. The number of benzene rings is 1. The van der Waals surface area contributed by atoms with E-state index in [0.29, 0.717) is 4.90 Å². The van der Waals surface area contributed by atoms with Crippen LogP contribution in [0.4, 0.5) is 0 Å². The molecular weight excluding hydrogens is 248 g/mol. The van der Waals surface area contributed by atoms with E-state index in [0.717, 1.165) is 24.8 Å². The largest absolute Gasteiger partial charge is 0.297 e. The molecule has 0 aliphatic heterocycles. The maximum absolute atomic E-state index is 12.1. The molecule has 0 amide bonds. The third-order valence-electron chi connectivity index (χ3n) is 2.60. The van der Waals surface area contributed by atoms with Crippen LogP contribution in [-0.2, 0) is 20.7 Å². The first kappa shape index (κ1) is 15.2. The fourth-order valence-corrected chi connectivity index (χ4v) is 2.93. The molecule has 0 aromatic heterocycles. The predicted molar refractivity (Wildman–Crippen MR) is 73.0 cm³/mol. The fraction of sp³-hybridized carbons (Fsp3) is 0.571. The van der Waals surface area contributed by atoms with Crippen LogP contribution in [0.15, 0.2) is 29.2 Å². The summed E-state index contributed by atoms with van der Waals surface area (Å²) < 4.78 is 29.3. The molecule has 0 heterocycles. The molecule has 0 bridgehead atoms. The summed E-state index contributed by atoms with van der Waals surface area (Å²) in [6, 6.07) is 7.09. The lowest BCUT2D eigenvalue weighted by Gasteiger charge is -2.11. The first-order valence-electron chi connectivity index (χ1n) is 6.44. The Balaban J connectivity index is 2.93. The van der Waals surface area contributed by atoms with Crippen molar-refractivity contribution < 1.29 is 12.6 Å². The van der Waals surface area contributed by atoms with Gasteiger partial charge in [-0.3, -0.25) is 4.18 Å². The smallest absolute Gasteiger partial charge is 0.266 e. The van der Waals surface area contributed by atoms with Crippen LogP contribution in [0.2, 0.25) is 0 Å². The summed E-state index contributed by atoms with van der Waals surface area (Å²) in [5.74, 6) is 0.197. The quantitative estimate of drug-likeness (QED) is 0.713. The van der Waals surface area contributed by atoms with Gasteiger partial charge in [0, 0.05) is 0 Å². The molecule has 0 aliphatic rings. The van der Waals surface area contributed by atoms with Gasteiger partial charge in [-0.25, -0.2) is 0 Å². The Morgan fingerprint density at radius 2 is 1.89 bits per heavy atom. The minimum absolute atomic E-state index is 0.197. The summed E-state index contributed by atoms with van der Waals surface area (Å²) in [5, 5.41) is 0. The van der Waals surface area contributed by atoms with Crippen molar-refractivity contribution in [2.45, 2.75) is 44.9 Å². The van der Waals surface area contributed by atoms with Crippen LogP contribution in [0, 0.1) is 5.92 Å². The molecule has 0 saturated heterocycles. The van der Waals surface area contributed by atoms with Crippen LogP contribution in [0.3, 0.4) is 0 Å². The topological polar surface area (TPSA) is 43.4 Å². The van der Waals surface area contributed by atoms with Gasteiger partial charge in [-0.15, -0.1) is 0 Å². The highest BCUT2D eigenvalue weighted by molar-refractivity contribution is 7.86. The number of rotatable bonds is 7. The van der Waals surface area contributed by atoms with E-state index in [4.69, 9.17) is 4.18 Å². The molecule has 0 spiro atoms. The highest BCUT2D eigenvalue weighted by Gasteiger charge is 2.19. The van der Waals surface area contributed by atoms with Gasteiger partial charge < -0.3 is 0 Å². The van der Waals surface area contributed by atoms with Crippen molar-refractivity contribution in [1.29, 1.82) is 0 Å². The van der Waals surface area contributed by atoms with Crippen LogP contribution in [0.1, 0.15) is 39.2 Å². The SMILES string of the molecule is CCCCc1ccccc1S(=O)(=O)OCC(C)C. The van der Waals surface area contributed by atoms with Crippen LogP contribution in [-0.4, -0.2) is 15.0 Å². The molecular formula is C14H22O3S. The molecule has 4 heteroatoms.